The fraction of sp³-hybridized carbons (Fsp3) is 0.625. The average Bonchev–Trinajstić information content (AvgIpc) is 3.58. The monoisotopic (exact) mass is 462 g/mol. The lowest BCUT2D eigenvalue weighted by Gasteiger charge is -2.37. The van der Waals surface area contributed by atoms with E-state index in [1.165, 1.54) is 10.4 Å². The molecule has 1 amide bonds. The first-order valence-corrected chi connectivity index (χ1v) is 12.7. The molecule has 1 aromatic rings. The Morgan fingerprint density at radius 3 is 2.59 bits per heavy atom. The molecule has 3 rings (SSSR count). The second kappa shape index (κ2) is 9.82. The average molecular weight is 463 g/mol. The van der Waals surface area contributed by atoms with E-state index in [1.807, 2.05) is 20.8 Å². The molecule has 0 saturated heterocycles. The van der Waals surface area contributed by atoms with Gasteiger partial charge in [0, 0.05) is 43.0 Å². The lowest BCUT2D eigenvalue weighted by molar-refractivity contribution is -0.132. The van der Waals surface area contributed by atoms with Crippen LogP contribution in [0, 0.1) is 29.6 Å². The first-order valence-electron chi connectivity index (χ1n) is 11.2. The molecule has 3 atom stereocenters. The van der Waals surface area contributed by atoms with E-state index >= 15 is 0 Å². The van der Waals surface area contributed by atoms with Crippen LogP contribution < -0.4 is 4.74 Å². The zero-order chi connectivity index (χ0) is 23.6. The van der Waals surface area contributed by atoms with Gasteiger partial charge in [0.2, 0.25) is 15.9 Å². The third-order valence-electron chi connectivity index (χ3n) is 5.93. The number of carbonyl (C=O) groups excluding carboxylic acids is 1. The van der Waals surface area contributed by atoms with Gasteiger partial charge in [-0.1, -0.05) is 32.6 Å². The number of fused-ring (bicyclic) bond motifs is 1. The summed E-state index contributed by atoms with van der Waals surface area (Å²) in [5.41, 5.74) is 0.670. The Hall–Kier alpha value is -2.08. The highest BCUT2D eigenvalue weighted by atomic mass is 32.2. The van der Waals surface area contributed by atoms with Crippen LogP contribution in [0.2, 0.25) is 0 Å². The Labute approximate surface area is 191 Å². The lowest BCUT2D eigenvalue weighted by Crippen LogP contribution is -2.50. The molecule has 8 heteroatoms. The molecule has 1 heterocycles. The van der Waals surface area contributed by atoms with Gasteiger partial charge in [0.1, 0.15) is 16.7 Å². The molecule has 0 aromatic heterocycles. The number of amides is 1. The van der Waals surface area contributed by atoms with E-state index < -0.39 is 22.2 Å². The van der Waals surface area contributed by atoms with Crippen molar-refractivity contribution in [1.82, 2.24) is 9.21 Å². The van der Waals surface area contributed by atoms with E-state index in [9.17, 15) is 18.3 Å². The van der Waals surface area contributed by atoms with E-state index in [0.29, 0.717) is 12.1 Å². The highest BCUT2D eigenvalue weighted by Crippen LogP contribution is 2.35. The van der Waals surface area contributed by atoms with Gasteiger partial charge in [-0.25, -0.2) is 8.42 Å². The Morgan fingerprint density at radius 2 is 2.00 bits per heavy atom. The molecule has 7 nitrogen and oxygen atoms in total. The summed E-state index contributed by atoms with van der Waals surface area (Å²) < 4.78 is 34.6. The maximum atomic E-state index is 13.5. The Morgan fingerprint density at radius 1 is 1.31 bits per heavy atom. The van der Waals surface area contributed by atoms with E-state index in [4.69, 9.17) is 4.74 Å². The number of hydrogen-bond acceptors (Lipinski definition) is 5. The van der Waals surface area contributed by atoms with Crippen molar-refractivity contribution in [1.29, 1.82) is 0 Å². The van der Waals surface area contributed by atoms with Gasteiger partial charge < -0.3 is 14.7 Å². The number of rotatable bonds is 5. The number of sulfonamides is 1. The van der Waals surface area contributed by atoms with Crippen molar-refractivity contribution < 1.29 is 23.1 Å². The van der Waals surface area contributed by atoms with Gasteiger partial charge in [0.05, 0.1) is 13.2 Å². The molecule has 0 spiro atoms. The summed E-state index contributed by atoms with van der Waals surface area (Å²) in [5.74, 6) is 6.57. The number of aliphatic hydroxyl groups is 1. The molecule has 1 saturated carbocycles. The minimum atomic E-state index is -3.89. The summed E-state index contributed by atoms with van der Waals surface area (Å²) in [6.07, 6.45) is 1.44. The van der Waals surface area contributed by atoms with Crippen molar-refractivity contribution in [2.75, 3.05) is 26.7 Å². The largest absolute Gasteiger partial charge is 0.487 e. The summed E-state index contributed by atoms with van der Waals surface area (Å²) in [4.78, 5) is 14.3. The van der Waals surface area contributed by atoms with Crippen molar-refractivity contribution in [3.8, 4) is 17.6 Å². The zero-order valence-corrected chi connectivity index (χ0v) is 20.4. The van der Waals surface area contributed by atoms with Gasteiger partial charge >= 0.3 is 0 Å². The molecule has 0 bridgehead atoms. The fourth-order valence-corrected chi connectivity index (χ4v) is 5.58. The minimum absolute atomic E-state index is 0.0565. The van der Waals surface area contributed by atoms with Gasteiger partial charge in [-0.3, -0.25) is 4.79 Å². The third-order valence-corrected chi connectivity index (χ3v) is 7.95. The highest BCUT2D eigenvalue weighted by Gasteiger charge is 2.39. The smallest absolute Gasteiger partial charge is 0.247 e. The van der Waals surface area contributed by atoms with Crippen molar-refractivity contribution in [3.05, 3.63) is 23.8 Å². The number of hydrogen-bond donors (Lipinski definition) is 1. The topological polar surface area (TPSA) is 87.2 Å². The second-order valence-corrected chi connectivity index (χ2v) is 11.2. The van der Waals surface area contributed by atoms with Crippen molar-refractivity contribution >= 4 is 15.9 Å². The molecule has 2 aliphatic rings. The van der Waals surface area contributed by atoms with Gasteiger partial charge in [0.25, 0.3) is 0 Å². The summed E-state index contributed by atoms with van der Waals surface area (Å²) in [7, 11) is -2.12. The molecule has 0 radical (unpaired) electrons. The van der Waals surface area contributed by atoms with E-state index in [0.717, 1.165) is 12.8 Å². The predicted octanol–water partition coefficient (Wildman–Crippen LogP) is 2.33. The number of nitrogens with zero attached hydrogens (tertiary/aromatic N) is 2. The van der Waals surface area contributed by atoms with Crippen molar-refractivity contribution in [2.45, 2.75) is 57.6 Å². The van der Waals surface area contributed by atoms with Crippen LogP contribution in [0.3, 0.4) is 0 Å². The maximum absolute atomic E-state index is 13.5. The maximum Gasteiger partial charge on any atom is 0.247 e. The van der Waals surface area contributed by atoms with Gasteiger partial charge in [-0.05, 0) is 38.0 Å². The molecule has 1 fully saturated rings. The Kier molecular flexibility index (Phi) is 7.53. The van der Waals surface area contributed by atoms with Crippen molar-refractivity contribution in [2.24, 2.45) is 17.8 Å². The lowest BCUT2D eigenvalue weighted by atomic mass is 10.0. The molecular formula is C24H34N2O5S. The van der Waals surface area contributed by atoms with Gasteiger partial charge in [0.15, 0.2) is 0 Å². The van der Waals surface area contributed by atoms with E-state index in [2.05, 4.69) is 11.8 Å². The highest BCUT2D eigenvalue weighted by molar-refractivity contribution is 7.89. The molecule has 176 valence electrons. The number of benzene rings is 1. The Bertz CT molecular complexity index is 1010. The zero-order valence-electron chi connectivity index (χ0n) is 19.5. The van der Waals surface area contributed by atoms with Crippen LogP contribution in [-0.2, 0) is 14.8 Å². The van der Waals surface area contributed by atoms with E-state index in [-0.39, 0.29) is 47.5 Å². The number of likely N-dealkylation sites (N-methyl/N-ethyl adjacent to an activating group) is 1. The molecule has 1 aliphatic carbocycles. The number of aliphatic hydroxyl groups excluding tert-OH is 1. The first-order chi connectivity index (χ1) is 15.0. The van der Waals surface area contributed by atoms with Gasteiger partial charge in [-0.15, -0.1) is 0 Å². The summed E-state index contributed by atoms with van der Waals surface area (Å²) >= 11 is 0. The molecule has 1 N–H and O–H groups in total. The van der Waals surface area contributed by atoms with Crippen LogP contribution in [0.5, 0.6) is 5.75 Å². The van der Waals surface area contributed by atoms with Gasteiger partial charge in [-0.2, -0.15) is 4.31 Å². The number of carbonyl (C=O) groups is 1. The van der Waals surface area contributed by atoms with Crippen LogP contribution in [0.4, 0.5) is 0 Å². The predicted molar refractivity (Wildman–Crippen MR) is 123 cm³/mol. The SMILES string of the molecule is CC(C)C#Cc1ccc2c(c1)O[C@@H](CN(C)C(=O)C1CC1)[C@@H](C)CN([C@H](C)CO)S2(=O)=O. The van der Waals surface area contributed by atoms with Crippen LogP contribution >= 0.6 is 0 Å². The fourth-order valence-electron chi connectivity index (χ4n) is 3.75. The first kappa shape index (κ1) is 24.6. The quantitative estimate of drug-likeness (QED) is 0.679. The molecule has 0 unspecified atom stereocenters. The van der Waals surface area contributed by atoms with Crippen LogP contribution in [0.25, 0.3) is 0 Å². The Balaban J connectivity index is 2.03. The normalized spacial score (nSPS) is 23.7. The van der Waals surface area contributed by atoms with Crippen LogP contribution in [0.15, 0.2) is 23.1 Å². The summed E-state index contributed by atoms with van der Waals surface area (Å²) in [6, 6.07) is 4.29. The van der Waals surface area contributed by atoms with E-state index in [1.54, 1.807) is 31.0 Å². The van der Waals surface area contributed by atoms with Crippen LogP contribution in [-0.4, -0.2) is 67.5 Å². The summed E-state index contributed by atoms with van der Waals surface area (Å²) in [6.45, 7) is 7.84. The second-order valence-electron chi connectivity index (χ2n) is 9.32. The minimum Gasteiger partial charge on any atom is -0.487 e. The van der Waals surface area contributed by atoms with Crippen LogP contribution in [0.1, 0.15) is 46.1 Å². The third kappa shape index (κ3) is 5.45. The molecular weight excluding hydrogens is 428 g/mol. The molecule has 32 heavy (non-hydrogen) atoms. The number of ether oxygens (including phenoxy) is 1. The standard InChI is InChI=1S/C24H34N2O5S/c1-16(2)6-7-19-8-11-23-21(12-19)31-22(14-25(5)24(28)20-9-10-20)17(3)13-26(18(4)15-27)32(23,29)30/h8,11-12,16-18,20,22,27H,9-10,13-15H2,1-5H3/t17-,18+,22-/m0/s1. The van der Waals surface area contributed by atoms with Crippen molar-refractivity contribution in [3.63, 3.8) is 0 Å². The molecule has 1 aliphatic heterocycles. The molecule has 1 aromatic carbocycles. The summed E-state index contributed by atoms with van der Waals surface area (Å²) in [5, 5.41) is 9.73.